The minimum absolute atomic E-state index is 0.0180. The maximum atomic E-state index is 12.9. The number of rotatable bonds is 6. The average molecular weight is 477 g/mol. The number of nitrogens with zero attached hydrogens (tertiary/aromatic N) is 4. The molecule has 0 saturated carbocycles. The van der Waals surface area contributed by atoms with Crippen molar-refractivity contribution in [2.75, 3.05) is 23.8 Å². The van der Waals surface area contributed by atoms with Crippen molar-refractivity contribution in [3.05, 3.63) is 22.7 Å². The molecule has 0 atom stereocenters. The predicted octanol–water partition coefficient (Wildman–Crippen LogP) is 3.42. The van der Waals surface area contributed by atoms with Gasteiger partial charge in [-0.05, 0) is 49.2 Å². The van der Waals surface area contributed by atoms with Gasteiger partial charge < -0.3 is 14.8 Å². The van der Waals surface area contributed by atoms with Crippen LogP contribution in [0.3, 0.4) is 0 Å². The summed E-state index contributed by atoms with van der Waals surface area (Å²) in [6, 6.07) is 1.78. The van der Waals surface area contributed by atoms with Gasteiger partial charge in [0.25, 0.3) is 5.91 Å². The first kappa shape index (κ1) is 23.7. The highest BCUT2D eigenvalue weighted by Gasteiger charge is 2.34. The van der Waals surface area contributed by atoms with E-state index in [4.69, 9.17) is 16.3 Å². The topological polar surface area (TPSA) is 120 Å². The Kier molecular flexibility index (Phi) is 7.19. The summed E-state index contributed by atoms with van der Waals surface area (Å²) >= 11 is 6.26. The Bertz CT molecular complexity index is 992. The maximum absolute atomic E-state index is 12.9. The molecule has 0 aliphatic carbocycles. The van der Waals surface area contributed by atoms with Crippen molar-refractivity contribution < 1.29 is 32.2 Å². The number of benzene rings is 1. The lowest BCUT2D eigenvalue weighted by molar-refractivity contribution is -0.274. The minimum Gasteiger partial charge on any atom is -0.404 e. The fraction of sp³-hybridized carbons (Fsp3) is 0.500. The number of ether oxygens (including phenoxy) is 2. The molecule has 1 fully saturated rings. The summed E-state index contributed by atoms with van der Waals surface area (Å²) < 4.78 is 49.2. The van der Waals surface area contributed by atoms with Crippen molar-refractivity contribution >= 4 is 35.1 Å². The van der Waals surface area contributed by atoms with Crippen LogP contribution in [0.5, 0.6) is 5.75 Å². The molecule has 0 bridgehead atoms. The Morgan fingerprint density at radius 3 is 2.56 bits per heavy atom. The van der Waals surface area contributed by atoms with E-state index in [1.165, 1.54) is 4.68 Å². The van der Waals surface area contributed by atoms with E-state index in [1.807, 2.05) is 0 Å². The molecule has 14 heteroatoms. The smallest absolute Gasteiger partial charge is 0.404 e. The average Bonchev–Trinajstić information content (AvgIpc) is 3.18. The predicted molar refractivity (Wildman–Crippen MR) is 106 cm³/mol. The van der Waals surface area contributed by atoms with E-state index in [9.17, 15) is 22.8 Å². The number of alkyl halides is 3. The molecule has 174 valence electrons. The van der Waals surface area contributed by atoms with E-state index >= 15 is 0 Å². The third-order valence-electron chi connectivity index (χ3n) is 4.62. The minimum atomic E-state index is -5.04. The van der Waals surface area contributed by atoms with Crippen molar-refractivity contribution in [1.82, 2.24) is 20.2 Å². The van der Waals surface area contributed by atoms with Crippen molar-refractivity contribution in [1.29, 1.82) is 0 Å². The third kappa shape index (κ3) is 5.65. The van der Waals surface area contributed by atoms with Gasteiger partial charge in [-0.15, -0.1) is 13.2 Å². The van der Waals surface area contributed by atoms with Gasteiger partial charge in [0.1, 0.15) is 5.69 Å². The van der Waals surface area contributed by atoms with E-state index in [1.54, 1.807) is 13.8 Å². The molecule has 1 aliphatic rings. The summed E-state index contributed by atoms with van der Waals surface area (Å²) in [5, 5.41) is 15.3. The first-order valence-corrected chi connectivity index (χ1v) is 10.0. The van der Waals surface area contributed by atoms with Crippen LogP contribution in [0.25, 0.3) is 0 Å². The van der Waals surface area contributed by atoms with Gasteiger partial charge in [-0.3, -0.25) is 14.9 Å². The molecule has 3 rings (SSSR count). The van der Waals surface area contributed by atoms with Crippen LogP contribution in [-0.2, 0) is 9.53 Å². The second kappa shape index (κ2) is 9.69. The molecule has 1 aliphatic heterocycles. The molecule has 0 spiro atoms. The molecule has 2 heterocycles. The molecule has 2 N–H and O–H groups in total. The van der Waals surface area contributed by atoms with Crippen LogP contribution < -0.4 is 15.4 Å². The largest absolute Gasteiger partial charge is 0.573 e. The normalized spacial score (nSPS) is 15.0. The number of carbonyl (C=O) groups excluding carboxylic acids is 2. The fourth-order valence-corrected chi connectivity index (χ4v) is 3.33. The first-order chi connectivity index (χ1) is 15.1. The van der Waals surface area contributed by atoms with Gasteiger partial charge >= 0.3 is 6.36 Å². The zero-order valence-corrected chi connectivity index (χ0v) is 17.8. The summed E-state index contributed by atoms with van der Waals surface area (Å²) in [7, 11) is 0. The summed E-state index contributed by atoms with van der Waals surface area (Å²) in [5.41, 5.74) is -0.668. The fourth-order valence-electron chi connectivity index (χ4n) is 3.04. The lowest BCUT2D eigenvalue weighted by Crippen LogP contribution is -2.29. The molecule has 0 unspecified atom stereocenters. The monoisotopic (exact) mass is 476 g/mol. The number of hydrogen-bond donors (Lipinski definition) is 2. The van der Waals surface area contributed by atoms with Gasteiger partial charge in [-0.1, -0.05) is 16.7 Å². The van der Waals surface area contributed by atoms with Gasteiger partial charge in [0, 0.05) is 19.1 Å². The number of tetrazole rings is 1. The van der Waals surface area contributed by atoms with E-state index in [0.29, 0.717) is 26.1 Å². The van der Waals surface area contributed by atoms with E-state index in [-0.39, 0.29) is 17.6 Å². The van der Waals surface area contributed by atoms with Gasteiger partial charge in [-0.25, -0.2) is 4.68 Å². The quantitative estimate of drug-likeness (QED) is 0.655. The van der Waals surface area contributed by atoms with Crippen LogP contribution in [-0.4, -0.2) is 51.6 Å². The first-order valence-electron chi connectivity index (χ1n) is 9.63. The molecule has 2 aromatic rings. The van der Waals surface area contributed by atoms with Crippen LogP contribution >= 0.6 is 11.6 Å². The van der Waals surface area contributed by atoms with Crippen molar-refractivity contribution in [3.8, 4) is 5.75 Å². The van der Waals surface area contributed by atoms with Crippen LogP contribution in [0.2, 0.25) is 5.02 Å². The Labute approximate surface area is 185 Å². The van der Waals surface area contributed by atoms with Gasteiger partial charge in [-0.2, -0.15) is 0 Å². The number of aromatic nitrogens is 4. The zero-order chi connectivity index (χ0) is 23.5. The molecule has 10 nitrogen and oxygen atoms in total. The molecule has 1 aromatic carbocycles. The SMILES string of the molecule is CC(C)n1nnnc1NC(=O)c1ccc(OC(F)(F)F)c(NC(=O)C2CCOCC2)c1Cl. The number of anilines is 2. The lowest BCUT2D eigenvalue weighted by Gasteiger charge is -2.23. The Balaban J connectivity index is 1.91. The van der Waals surface area contributed by atoms with Crippen LogP contribution in [0.1, 0.15) is 43.1 Å². The summed E-state index contributed by atoms with van der Waals surface area (Å²) in [4.78, 5) is 25.3. The number of halogens is 4. The van der Waals surface area contributed by atoms with Crippen LogP contribution in [0.15, 0.2) is 12.1 Å². The van der Waals surface area contributed by atoms with Crippen molar-refractivity contribution in [2.24, 2.45) is 5.92 Å². The highest BCUT2D eigenvalue weighted by atomic mass is 35.5. The second-order valence-corrected chi connectivity index (χ2v) is 7.60. The van der Waals surface area contributed by atoms with Gasteiger partial charge in [0.2, 0.25) is 11.9 Å². The van der Waals surface area contributed by atoms with Gasteiger partial charge in [0.15, 0.2) is 5.75 Å². The third-order valence-corrected chi connectivity index (χ3v) is 5.01. The number of nitrogens with one attached hydrogen (secondary N) is 2. The molecule has 1 aromatic heterocycles. The number of amides is 2. The molecule has 32 heavy (non-hydrogen) atoms. The maximum Gasteiger partial charge on any atom is 0.573 e. The molecule has 2 amide bonds. The summed E-state index contributed by atoms with van der Waals surface area (Å²) in [5.74, 6) is -2.54. The van der Waals surface area contributed by atoms with E-state index < -0.39 is 40.6 Å². The Morgan fingerprint density at radius 2 is 1.94 bits per heavy atom. The molecule has 0 radical (unpaired) electrons. The lowest BCUT2D eigenvalue weighted by atomic mass is 9.99. The molecular formula is C18H20ClF3N6O4. The second-order valence-electron chi connectivity index (χ2n) is 7.22. The van der Waals surface area contributed by atoms with Gasteiger partial charge in [0.05, 0.1) is 16.6 Å². The van der Waals surface area contributed by atoms with Crippen LogP contribution in [0, 0.1) is 5.92 Å². The highest BCUT2D eigenvalue weighted by Crippen LogP contribution is 2.39. The van der Waals surface area contributed by atoms with E-state index in [0.717, 1.165) is 12.1 Å². The highest BCUT2D eigenvalue weighted by molar-refractivity contribution is 6.37. The Morgan fingerprint density at radius 1 is 1.25 bits per heavy atom. The van der Waals surface area contributed by atoms with Crippen molar-refractivity contribution in [3.63, 3.8) is 0 Å². The van der Waals surface area contributed by atoms with Crippen LogP contribution in [0.4, 0.5) is 24.8 Å². The number of carbonyl (C=O) groups is 2. The molecular weight excluding hydrogens is 457 g/mol. The zero-order valence-electron chi connectivity index (χ0n) is 17.1. The summed E-state index contributed by atoms with van der Waals surface area (Å²) in [6.45, 7) is 4.27. The van der Waals surface area contributed by atoms with Crippen molar-refractivity contribution in [2.45, 2.75) is 39.1 Å². The summed E-state index contributed by atoms with van der Waals surface area (Å²) in [6.07, 6.45) is -4.24. The van der Waals surface area contributed by atoms with E-state index in [2.05, 4.69) is 30.9 Å². The Hall–Kier alpha value is -2.93. The molecule has 1 saturated heterocycles. The number of hydrogen-bond acceptors (Lipinski definition) is 7. The standard InChI is InChI=1S/C18H20ClF3N6O4/c1-9(2)28-17(25-26-27-28)24-16(30)11-3-4-12(32-18(20,21)22)14(13(11)19)23-15(29)10-5-7-31-8-6-10/h3-4,9-10H,5-8H2,1-2H3,(H,23,29)(H,24,25,27,30).